The van der Waals surface area contributed by atoms with Crippen LogP contribution in [0.3, 0.4) is 0 Å². The first-order valence-electron chi connectivity index (χ1n) is 8.30. The largest absolute Gasteiger partial charge is 0.466 e. The summed E-state index contributed by atoms with van der Waals surface area (Å²) in [7, 11) is -3.86. The van der Waals surface area contributed by atoms with Crippen LogP contribution in [0.1, 0.15) is 18.1 Å². The first-order chi connectivity index (χ1) is 12.3. The first kappa shape index (κ1) is 20.1. The van der Waals surface area contributed by atoms with Crippen molar-refractivity contribution in [3.63, 3.8) is 0 Å². The van der Waals surface area contributed by atoms with Crippen LogP contribution in [-0.4, -0.2) is 27.5 Å². The summed E-state index contributed by atoms with van der Waals surface area (Å²) in [5.41, 5.74) is 1.14. The van der Waals surface area contributed by atoms with E-state index in [-0.39, 0.29) is 23.6 Å². The van der Waals surface area contributed by atoms with Crippen LogP contribution in [0.2, 0.25) is 0 Å². The van der Waals surface area contributed by atoms with Gasteiger partial charge < -0.3 is 4.74 Å². The molecule has 0 spiro atoms. The van der Waals surface area contributed by atoms with Crippen molar-refractivity contribution in [3.8, 4) is 0 Å². The Kier molecular flexibility index (Phi) is 6.88. The molecule has 2 aromatic rings. The fourth-order valence-corrected chi connectivity index (χ4v) is 3.64. The average Bonchev–Trinajstić information content (AvgIpc) is 2.62. The molecular formula is C19H22FNO4S. The van der Waals surface area contributed by atoms with E-state index in [2.05, 4.69) is 4.72 Å². The third-order valence-corrected chi connectivity index (χ3v) is 5.33. The van der Waals surface area contributed by atoms with Gasteiger partial charge in [0, 0.05) is 6.54 Å². The zero-order valence-electron chi connectivity index (χ0n) is 14.7. The second-order valence-corrected chi connectivity index (χ2v) is 7.67. The fourth-order valence-electron chi connectivity index (χ4n) is 2.48. The van der Waals surface area contributed by atoms with Crippen LogP contribution in [0.5, 0.6) is 0 Å². The third kappa shape index (κ3) is 5.37. The molecule has 1 unspecified atom stereocenters. The molecule has 0 fully saturated rings. The Hall–Kier alpha value is -2.25. The van der Waals surface area contributed by atoms with Gasteiger partial charge >= 0.3 is 5.97 Å². The predicted molar refractivity (Wildman–Crippen MR) is 96.6 cm³/mol. The summed E-state index contributed by atoms with van der Waals surface area (Å²) in [4.78, 5) is 12.2. The van der Waals surface area contributed by atoms with Gasteiger partial charge in [-0.25, -0.2) is 17.5 Å². The SMILES string of the molecule is CCOC(=O)C(CNS(=O)(=O)c1ccc(F)c(C)c1)Cc1ccccc1. The third-order valence-electron chi connectivity index (χ3n) is 3.90. The molecule has 0 aliphatic carbocycles. The molecule has 0 aliphatic heterocycles. The summed E-state index contributed by atoms with van der Waals surface area (Å²) in [5.74, 6) is -1.60. The number of carbonyl (C=O) groups excluding carboxylic acids is 1. The number of halogens is 1. The highest BCUT2D eigenvalue weighted by atomic mass is 32.2. The molecule has 7 heteroatoms. The monoisotopic (exact) mass is 379 g/mol. The quantitative estimate of drug-likeness (QED) is 0.716. The number of sulfonamides is 1. The highest BCUT2D eigenvalue weighted by Gasteiger charge is 2.24. The summed E-state index contributed by atoms with van der Waals surface area (Å²) in [6, 6.07) is 12.9. The Morgan fingerprint density at radius 2 is 1.88 bits per heavy atom. The maximum Gasteiger partial charge on any atom is 0.310 e. The van der Waals surface area contributed by atoms with Crippen LogP contribution >= 0.6 is 0 Å². The number of nitrogens with one attached hydrogen (secondary N) is 1. The molecule has 0 amide bonds. The summed E-state index contributed by atoms with van der Waals surface area (Å²) < 4.78 is 45.7. The predicted octanol–water partition coefficient (Wildman–Crippen LogP) is 2.83. The Balaban J connectivity index is 2.14. The van der Waals surface area contributed by atoms with E-state index >= 15 is 0 Å². The van der Waals surface area contributed by atoms with E-state index < -0.39 is 27.7 Å². The Bertz CT molecular complexity index is 853. The van der Waals surface area contributed by atoms with Crippen LogP contribution in [0.4, 0.5) is 4.39 Å². The topological polar surface area (TPSA) is 72.5 Å². The molecule has 1 atom stereocenters. The van der Waals surface area contributed by atoms with Gasteiger partial charge in [0.05, 0.1) is 17.4 Å². The number of hydrogen-bond acceptors (Lipinski definition) is 4. The van der Waals surface area contributed by atoms with E-state index in [0.29, 0.717) is 6.42 Å². The number of esters is 1. The Morgan fingerprint density at radius 1 is 1.19 bits per heavy atom. The normalized spacial score (nSPS) is 12.6. The van der Waals surface area contributed by atoms with Gasteiger partial charge in [0.1, 0.15) is 5.82 Å². The molecule has 0 bridgehead atoms. The molecular weight excluding hydrogens is 357 g/mol. The van der Waals surface area contributed by atoms with E-state index in [1.807, 2.05) is 30.3 Å². The summed E-state index contributed by atoms with van der Waals surface area (Å²) in [6.07, 6.45) is 0.352. The van der Waals surface area contributed by atoms with Crippen LogP contribution in [0.15, 0.2) is 53.4 Å². The number of ether oxygens (including phenoxy) is 1. The standard InChI is InChI=1S/C19H22FNO4S/c1-3-25-19(22)16(12-15-7-5-4-6-8-15)13-21-26(23,24)17-9-10-18(20)14(2)11-17/h4-11,16,21H,3,12-13H2,1-2H3. The van der Waals surface area contributed by atoms with Gasteiger partial charge in [0.25, 0.3) is 0 Å². The molecule has 1 N–H and O–H groups in total. The van der Waals surface area contributed by atoms with Gasteiger partial charge in [-0.2, -0.15) is 0 Å². The minimum absolute atomic E-state index is 0.0429. The molecule has 2 aromatic carbocycles. The van der Waals surface area contributed by atoms with Crippen molar-refractivity contribution in [1.82, 2.24) is 4.72 Å². The minimum Gasteiger partial charge on any atom is -0.466 e. The molecule has 5 nitrogen and oxygen atoms in total. The lowest BCUT2D eigenvalue weighted by Gasteiger charge is -2.17. The van der Waals surface area contributed by atoms with Crippen LogP contribution in [0, 0.1) is 18.7 Å². The second-order valence-electron chi connectivity index (χ2n) is 5.90. The van der Waals surface area contributed by atoms with Gasteiger partial charge in [-0.05, 0) is 49.6 Å². The van der Waals surface area contributed by atoms with Crippen LogP contribution < -0.4 is 4.72 Å². The van der Waals surface area contributed by atoms with Crippen LogP contribution in [-0.2, 0) is 26.0 Å². The smallest absolute Gasteiger partial charge is 0.310 e. The Morgan fingerprint density at radius 3 is 2.50 bits per heavy atom. The highest BCUT2D eigenvalue weighted by Crippen LogP contribution is 2.16. The van der Waals surface area contributed by atoms with Gasteiger partial charge in [-0.3, -0.25) is 4.79 Å². The number of hydrogen-bond donors (Lipinski definition) is 1. The van der Waals surface area contributed by atoms with E-state index in [4.69, 9.17) is 4.74 Å². The Labute approximate surface area is 153 Å². The molecule has 0 saturated carbocycles. The van der Waals surface area contributed by atoms with E-state index in [1.54, 1.807) is 6.92 Å². The van der Waals surface area contributed by atoms with Crippen molar-refractivity contribution < 1.29 is 22.3 Å². The number of benzene rings is 2. The van der Waals surface area contributed by atoms with Crippen molar-refractivity contribution in [2.24, 2.45) is 5.92 Å². The highest BCUT2D eigenvalue weighted by molar-refractivity contribution is 7.89. The number of rotatable bonds is 8. The average molecular weight is 379 g/mol. The van der Waals surface area contributed by atoms with E-state index in [9.17, 15) is 17.6 Å². The zero-order chi connectivity index (χ0) is 19.2. The maximum absolute atomic E-state index is 13.4. The van der Waals surface area contributed by atoms with Crippen molar-refractivity contribution in [3.05, 3.63) is 65.5 Å². The van der Waals surface area contributed by atoms with Gasteiger partial charge in [-0.1, -0.05) is 30.3 Å². The molecule has 2 rings (SSSR count). The van der Waals surface area contributed by atoms with E-state index in [1.165, 1.54) is 19.1 Å². The summed E-state index contributed by atoms with van der Waals surface area (Å²) in [5, 5.41) is 0. The van der Waals surface area contributed by atoms with Gasteiger partial charge in [0.2, 0.25) is 10.0 Å². The van der Waals surface area contributed by atoms with Crippen molar-refractivity contribution in [2.75, 3.05) is 13.2 Å². The first-order valence-corrected chi connectivity index (χ1v) is 9.78. The number of aryl methyl sites for hydroxylation is 1. The van der Waals surface area contributed by atoms with Crippen molar-refractivity contribution in [1.29, 1.82) is 0 Å². The lowest BCUT2D eigenvalue weighted by Crippen LogP contribution is -2.35. The van der Waals surface area contributed by atoms with E-state index in [0.717, 1.165) is 11.6 Å². The zero-order valence-corrected chi connectivity index (χ0v) is 15.6. The lowest BCUT2D eigenvalue weighted by atomic mass is 10.00. The van der Waals surface area contributed by atoms with Crippen LogP contribution in [0.25, 0.3) is 0 Å². The summed E-state index contributed by atoms with van der Waals surface area (Å²) in [6.45, 7) is 3.30. The van der Waals surface area contributed by atoms with Gasteiger partial charge in [0.15, 0.2) is 0 Å². The second kappa shape index (κ2) is 8.91. The molecule has 0 radical (unpaired) electrons. The number of carbonyl (C=O) groups is 1. The maximum atomic E-state index is 13.4. The lowest BCUT2D eigenvalue weighted by molar-refractivity contribution is -0.147. The molecule has 0 aromatic heterocycles. The molecule has 0 heterocycles. The molecule has 0 saturated heterocycles. The summed E-state index contributed by atoms with van der Waals surface area (Å²) >= 11 is 0. The fraction of sp³-hybridized carbons (Fsp3) is 0.316. The molecule has 0 aliphatic rings. The minimum atomic E-state index is -3.86. The van der Waals surface area contributed by atoms with Crippen molar-refractivity contribution in [2.45, 2.75) is 25.2 Å². The van der Waals surface area contributed by atoms with Gasteiger partial charge in [-0.15, -0.1) is 0 Å². The molecule has 26 heavy (non-hydrogen) atoms. The molecule has 140 valence electrons. The van der Waals surface area contributed by atoms with Crippen molar-refractivity contribution >= 4 is 16.0 Å².